The van der Waals surface area contributed by atoms with Crippen LogP contribution in [0.15, 0.2) is 0 Å². The highest BCUT2D eigenvalue weighted by atomic mass is 32.1. The lowest BCUT2D eigenvalue weighted by molar-refractivity contribution is -0.147. The van der Waals surface area contributed by atoms with Gasteiger partial charge in [-0.05, 0) is 32.4 Å². The molecule has 1 saturated heterocycles. The van der Waals surface area contributed by atoms with Gasteiger partial charge in [0, 0.05) is 12.6 Å². The van der Waals surface area contributed by atoms with Crippen molar-refractivity contribution < 1.29 is 14.9 Å². The summed E-state index contributed by atoms with van der Waals surface area (Å²) in [5.74, 6) is -0.321. The van der Waals surface area contributed by atoms with Gasteiger partial charge in [-0.2, -0.15) is 0 Å². The highest BCUT2D eigenvalue weighted by Gasteiger charge is 2.38. The summed E-state index contributed by atoms with van der Waals surface area (Å²) in [5.41, 5.74) is 0. The van der Waals surface area contributed by atoms with E-state index in [2.05, 4.69) is 27.9 Å². The van der Waals surface area contributed by atoms with Crippen LogP contribution in [0.4, 0.5) is 0 Å². The van der Waals surface area contributed by atoms with Crippen LogP contribution in [0.3, 0.4) is 0 Å². The highest BCUT2D eigenvalue weighted by molar-refractivity contribution is 7.96. The van der Waals surface area contributed by atoms with E-state index in [1.54, 1.807) is 6.21 Å². The van der Waals surface area contributed by atoms with Gasteiger partial charge in [0.05, 0.1) is 31.3 Å². The first-order valence-electron chi connectivity index (χ1n) is 8.17. The number of aliphatic hydroxyl groups excluding tert-OH is 2. The lowest BCUT2D eigenvalue weighted by atomic mass is 9.93. The first-order chi connectivity index (χ1) is 10.6. The smallest absolute Gasteiger partial charge is 0.389 e. The van der Waals surface area contributed by atoms with Crippen molar-refractivity contribution in [3.63, 3.8) is 0 Å². The zero-order valence-electron chi connectivity index (χ0n) is 13.1. The highest BCUT2D eigenvalue weighted by Crippen LogP contribution is 2.21. The van der Waals surface area contributed by atoms with E-state index in [9.17, 15) is 10.2 Å². The molecule has 1 saturated carbocycles. The van der Waals surface area contributed by atoms with Gasteiger partial charge in [-0.15, -0.1) is 0 Å². The first-order valence-corrected chi connectivity index (χ1v) is 8.61. The van der Waals surface area contributed by atoms with Gasteiger partial charge < -0.3 is 20.3 Å². The van der Waals surface area contributed by atoms with E-state index in [0.717, 1.165) is 6.54 Å². The van der Waals surface area contributed by atoms with E-state index in [4.69, 9.17) is 4.74 Å². The number of nitrogens with one attached hydrogen (secondary N) is 2. The van der Waals surface area contributed by atoms with Gasteiger partial charge in [-0.3, -0.25) is 5.32 Å². The maximum absolute atomic E-state index is 10.2. The van der Waals surface area contributed by atoms with Crippen LogP contribution in [0, 0.1) is 5.92 Å². The van der Waals surface area contributed by atoms with Gasteiger partial charge in [-0.25, -0.2) is 4.67 Å². The number of rotatable bonds is 5. The van der Waals surface area contributed by atoms with E-state index in [1.807, 2.05) is 6.92 Å². The van der Waals surface area contributed by atoms with E-state index in [-0.39, 0.29) is 12.0 Å². The molecule has 0 spiro atoms. The van der Waals surface area contributed by atoms with Crippen LogP contribution >= 0.6 is 12.6 Å². The van der Waals surface area contributed by atoms with Crippen molar-refractivity contribution in [1.29, 1.82) is 0 Å². The zero-order chi connectivity index (χ0) is 15.9. The fourth-order valence-corrected chi connectivity index (χ4v) is 3.22. The summed E-state index contributed by atoms with van der Waals surface area (Å²) in [4.78, 5) is 0. The number of nitrogens with zero attached hydrogens (tertiary/aromatic N) is 1. The molecule has 0 aromatic heterocycles. The van der Waals surface area contributed by atoms with Crippen molar-refractivity contribution in [2.24, 2.45) is 5.92 Å². The standard InChI is InChI=1S/C15H27N3O3S/c1-2-16-15(22)18-7-10-9-21-12(14(20)13(10)19)8-17-11-5-3-4-6-11/h7,10-14,17,19-20H,2-6,8-9H2,1H3,(H,16,22)/p+1. The normalized spacial score (nSPS) is 32.5. The summed E-state index contributed by atoms with van der Waals surface area (Å²) in [6.07, 6.45) is 4.37. The fourth-order valence-electron chi connectivity index (χ4n) is 3.00. The largest absolute Gasteiger partial charge is 0.400 e. The quantitative estimate of drug-likeness (QED) is 0.199. The Hall–Kier alpha value is -0.560. The third-order valence-electron chi connectivity index (χ3n) is 4.36. The van der Waals surface area contributed by atoms with Crippen LogP contribution in [-0.4, -0.2) is 65.6 Å². The van der Waals surface area contributed by atoms with Crippen molar-refractivity contribution in [1.82, 2.24) is 15.3 Å². The van der Waals surface area contributed by atoms with E-state index in [1.165, 1.54) is 25.7 Å². The van der Waals surface area contributed by atoms with Crippen LogP contribution < -0.4 is 15.3 Å². The van der Waals surface area contributed by atoms with Crippen LogP contribution in [0.5, 0.6) is 0 Å². The molecular weight excluding hydrogens is 302 g/mol. The molecule has 2 aliphatic rings. The van der Waals surface area contributed by atoms with Crippen LogP contribution in [0.25, 0.3) is 0 Å². The minimum absolute atomic E-state index is 0.321. The lowest BCUT2D eigenvalue weighted by Gasteiger charge is -2.35. The molecule has 2 fully saturated rings. The summed E-state index contributed by atoms with van der Waals surface area (Å²) in [6, 6.07) is 0.522. The first kappa shape index (κ1) is 17.8. The molecule has 0 aromatic carbocycles. The van der Waals surface area contributed by atoms with E-state index >= 15 is 0 Å². The average molecular weight is 330 g/mol. The maximum Gasteiger partial charge on any atom is 0.400 e. The summed E-state index contributed by atoms with van der Waals surface area (Å²) in [5, 5.41) is 27.4. The molecule has 1 heterocycles. The van der Waals surface area contributed by atoms with Gasteiger partial charge in [0.2, 0.25) is 0 Å². The van der Waals surface area contributed by atoms with Gasteiger partial charge >= 0.3 is 5.17 Å². The van der Waals surface area contributed by atoms with Gasteiger partial charge in [0.1, 0.15) is 6.10 Å². The monoisotopic (exact) mass is 330 g/mol. The van der Waals surface area contributed by atoms with Crippen LogP contribution in [0.1, 0.15) is 32.6 Å². The Balaban J connectivity index is 1.84. The Morgan fingerprint density at radius 1 is 1.32 bits per heavy atom. The molecule has 1 aliphatic heterocycles. The number of hydrogen-bond donors (Lipinski definition) is 5. The summed E-state index contributed by atoms with van der Waals surface area (Å²) in [6.45, 7) is 3.62. The molecule has 4 unspecified atom stereocenters. The minimum atomic E-state index is -0.901. The predicted molar refractivity (Wildman–Crippen MR) is 91.4 cm³/mol. The van der Waals surface area contributed by atoms with Crippen molar-refractivity contribution in [3.05, 3.63) is 0 Å². The Kier molecular flexibility index (Phi) is 7.21. The summed E-state index contributed by atoms with van der Waals surface area (Å²) < 4.78 is 9.84. The molecule has 2 rings (SSSR count). The molecule has 0 aromatic rings. The lowest BCUT2D eigenvalue weighted by Crippen LogP contribution is -2.54. The minimum Gasteiger partial charge on any atom is -0.389 e. The molecule has 4 N–H and O–H groups in total. The second kappa shape index (κ2) is 8.91. The van der Waals surface area contributed by atoms with Crippen molar-refractivity contribution in [2.75, 3.05) is 19.7 Å². The SMILES string of the molecule is CCNC(S)=[N+]=CC1COC(CNC2CCCC2)C(O)C1O. The molecule has 0 amide bonds. The summed E-state index contributed by atoms with van der Waals surface area (Å²) >= 11 is 4.18. The van der Waals surface area contributed by atoms with Crippen molar-refractivity contribution in [3.8, 4) is 0 Å². The third kappa shape index (κ3) is 4.98. The number of hydrogen-bond acceptors (Lipinski definition) is 4. The van der Waals surface area contributed by atoms with Gasteiger partial charge in [-0.1, -0.05) is 12.8 Å². The number of ether oxygens (including phenoxy) is 1. The molecule has 126 valence electrons. The van der Waals surface area contributed by atoms with Crippen LogP contribution in [-0.2, 0) is 4.74 Å². The molecule has 6 nitrogen and oxygen atoms in total. The Morgan fingerprint density at radius 3 is 2.73 bits per heavy atom. The molecule has 1 aliphatic carbocycles. The average Bonchev–Trinajstić information content (AvgIpc) is 3.01. The third-order valence-corrected chi connectivity index (χ3v) is 4.63. The maximum atomic E-state index is 10.2. The van der Waals surface area contributed by atoms with E-state index < -0.39 is 12.2 Å². The number of amidine groups is 1. The Bertz CT molecular complexity index is 409. The predicted octanol–water partition coefficient (Wildman–Crippen LogP) is -0.711. The van der Waals surface area contributed by atoms with Gasteiger partial charge in [0.25, 0.3) is 0 Å². The fraction of sp³-hybridized carbons (Fsp3) is 0.867. The molecule has 0 radical (unpaired) electrons. The molecular formula is C15H28N3O3S+. The molecule has 4 atom stereocenters. The Morgan fingerprint density at radius 2 is 2.05 bits per heavy atom. The topological polar surface area (TPSA) is 87.9 Å². The molecule has 7 heteroatoms. The Labute approximate surface area is 137 Å². The van der Waals surface area contributed by atoms with Crippen molar-refractivity contribution in [2.45, 2.75) is 57.0 Å². The van der Waals surface area contributed by atoms with Crippen LogP contribution in [0.2, 0.25) is 0 Å². The second-order valence-corrected chi connectivity index (χ2v) is 6.46. The molecule has 0 bridgehead atoms. The second-order valence-electron chi connectivity index (χ2n) is 6.04. The number of aliphatic hydroxyl groups is 2. The molecule has 22 heavy (non-hydrogen) atoms. The number of thiol groups is 1. The zero-order valence-corrected chi connectivity index (χ0v) is 14.0. The summed E-state index contributed by atoms with van der Waals surface area (Å²) in [7, 11) is 0. The van der Waals surface area contributed by atoms with Crippen molar-refractivity contribution >= 4 is 24.0 Å². The van der Waals surface area contributed by atoms with Gasteiger partial charge in [0.15, 0.2) is 6.21 Å². The van der Waals surface area contributed by atoms with E-state index in [0.29, 0.717) is 24.4 Å².